The van der Waals surface area contributed by atoms with Gasteiger partial charge < -0.3 is 10.6 Å². The standard InChI is InChI=1S/C12H16ClN3O/c13-11-6-5-10(7-15-11)16-12(17)8-14-9-3-1-2-4-9/h5-7,9,14H,1-4,8H2,(H,16,17). The molecule has 0 unspecified atom stereocenters. The Hall–Kier alpha value is -1.13. The predicted octanol–water partition coefficient (Wildman–Crippen LogP) is 2.21. The summed E-state index contributed by atoms with van der Waals surface area (Å²) in [6, 6.07) is 3.90. The highest BCUT2D eigenvalue weighted by molar-refractivity contribution is 6.29. The molecule has 1 fully saturated rings. The van der Waals surface area contributed by atoms with Gasteiger partial charge in [0.2, 0.25) is 5.91 Å². The van der Waals surface area contributed by atoms with E-state index >= 15 is 0 Å². The van der Waals surface area contributed by atoms with Crippen LogP contribution in [0, 0.1) is 0 Å². The topological polar surface area (TPSA) is 54.0 Å². The number of rotatable bonds is 4. The molecule has 0 aliphatic heterocycles. The molecule has 0 aromatic carbocycles. The van der Waals surface area contributed by atoms with Crippen LogP contribution in [-0.2, 0) is 4.79 Å². The molecule has 1 saturated carbocycles. The number of hydrogen-bond donors (Lipinski definition) is 2. The van der Waals surface area contributed by atoms with E-state index in [9.17, 15) is 4.79 Å². The Labute approximate surface area is 106 Å². The Morgan fingerprint density at radius 2 is 2.18 bits per heavy atom. The van der Waals surface area contributed by atoms with Gasteiger partial charge in [0.05, 0.1) is 18.4 Å². The zero-order chi connectivity index (χ0) is 12.1. The summed E-state index contributed by atoms with van der Waals surface area (Å²) in [7, 11) is 0. The van der Waals surface area contributed by atoms with Crippen molar-refractivity contribution < 1.29 is 4.79 Å². The Morgan fingerprint density at radius 3 is 2.82 bits per heavy atom. The van der Waals surface area contributed by atoms with Gasteiger partial charge in [0.15, 0.2) is 0 Å². The van der Waals surface area contributed by atoms with Gasteiger partial charge in [-0.25, -0.2) is 4.98 Å². The van der Waals surface area contributed by atoms with Gasteiger partial charge in [-0.2, -0.15) is 0 Å². The second kappa shape index (κ2) is 5.98. The van der Waals surface area contributed by atoms with E-state index in [4.69, 9.17) is 11.6 Å². The van der Waals surface area contributed by atoms with E-state index in [1.54, 1.807) is 18.3 Å². The second-order valence-corrected chi connectivity index (χ2v) is 4.67. The van der Waals surface area contributed by atoms with Crippen LogP contribution in [0.3, 0.4) is 0 Å². The molecule has 0 radical (unpaired) electrons. The van der Waals surface area contributed by atoms with Crippen molar-refractivity contribution >= 4 is 23.2 Å². The maximum Gasteiger partial charge on any atom is 0.238 e. The molecule has 0 saturated heterocycles. The highest BCUT2D eigenvalue weighted by atomic mass is 35.5. The number of hydrogen-bond acceptors (Lipinski definition) is 3. The summed E-state index contributed by atoms with van der Waals surface area (Å²) in [5.41, 5.74) is 0.674. The minimum Gasteiger partial charge on any atom is -0.324 e. The van der Waals surface area contributed by atoms with Crippen LogP contribution in [0.1, 0.15) is 25.7 Å². The summed E-state index contributed by atoms with van der Waals surface area (Å²) in [5.74, 6) is -0.0407. The number of aromatic nitrogens is 1. The first-order valence-electron chi connectivity index (χ1n) is 5.89. The van der Waals surface area contributed by atoms with Gasteiger partial charge in [-0.05, 0) is 25.0 Å². The van der Waals surface area contributed by atoms with E-state index in [0.29, 0.717) is 23.4 Å². The van der Waals surface area contributed by atoms with Crippen LogP contribution < -0.4 is 10.6 Å². The zero-order valence-electron chi connectivity index (χ0n) is 9.58. The number of nitrogens with zero attached hydrogens (tertiary/aromatic N) is 1. The molecule has 2 rings (SSSR count). The van der Waals surface area contributed by atoms with Crippen molar-refractivity contribution in [2.45, 2.75) is 31.7 Å². The SMILES string of the molecule is O=C(CNC1CCCC1)Nc1ccc(Cl)nc1. The van der Waals surface area contributed by atoms with Crippen LogP contribution in [0.15, 0.2) is 18.3 Å². The maximum absolute atomic E-state index is 11.6. The molecule has 17 heavy (non-hydrogen) atoms. The van der Waals surface area contributed by atoms with Gasteiger partial charge in [-0.1, -0.05) is 24.4 Å². The Bertz CT molecular complexity index is 374. The summed E-state index contributed by atoms with van der Waals surface area (Å²) < 4.78 is 0. The fraction of sp³-hybridized carbons (Fsp3) is 0.500. The Kier molecular flexibility index (Phi) is 4.34. The van der Waals surface area contributed by atoms with Gasteiger partial charge in [0.1, 0.15) is 5.15 Å². The van der Waals surface area contributed by atoms with Crippen molar-refractivity contribution in [3.8, 4) is 0 Å². The molecule has 1 aromatic rings. The number of amides is 1. The lowest BCUT2D eigenvalue weighted by atomic mass is 10.2. The quantitative estimate of drug-likeness (QED) is 0.809. The van der Waals surface area contributed by atoms with Crippen LogP contribution in [0.2, 0.25) is 5.15 Å². The molecular weight excluding hydrogens is 238 g/mol. The van der Waals surface area contributed by atoms with Crippen molar-refractivity contribution in [1.29, 1.82) is 0 Å². The number of carbonyl (C=O) groups excluding carboxylic acids is 1. The van der Waals surface area contributed by atoms with E-state index in [0.717, 1.165) is 0 Å². The van der Waals surface area contributed by atoms with E-state index in [2.05, 4.69) is 15.6 Å². The first-order valence-corrected chi connectivity index (χ1v) is 6.26. The normalized spacial score (nSPS) is 16.1. The van der Waals surface area contributed by atoms with Crippen LogP contribution in [0.5, 0.6) is 0 Å². The van der Waals surface area contributed by atoms with Crippen molar-refractivity contribution in [3.05, 3.63) is 23.5 Å². The summed E-state index contributed by atoms with van der Waals surface area (Å²) >= 11 is 5.66. The fourth-order valence-electron chi connectivity index (χ4n) is 2.02. The molecule has 2 N–H and O–H groups in total. The van der Waals surface area contributed by atoms with Crippen LogP contribution in [0.25, 0.3) is 0 Å². The maximum atomic E-state index is 11.6. The average molecular weight is 254 g/mol. The van der Waals surface area contributed by atoms with Gasteiger partial charge in [-0.15, -0.1) is 0 Å². The third kappa shape index (κ3) is 3.98. The zero-order valence-corrected chi connectivity index (χ0v) is 10.3. The molecule has 1 amide bonds. The second-order valence-electron chi connectivity index (χ2n) is 4.28. The molecule has 0 atom stereocenters. The number of nitrogens with one attached hydrogen (secondary N) is 2. The van der Waals surface area contributed by atoms with Crippen LogP contribution >= 0.6 is 11.6 Å². The minimum absolute atomic E-state index is 0.0407. The Balaban J connectivity index is 1.74. The molecular formula is C12H16ClN3O. The molecule has 4 nitrogen and oxygen atoms in total. The third-order valence-corrected chi connectivity index (χ3v) is 3.14. The summed E-state index contributed by atoms with van der Waals surface area (Å²) in [4.78, 5) is 15.5. The molecule has 1 heterocycles. The van der Waals surface area contributed by atoms with E-state index in [1.165, 1.54) is 25.7 Å². The molecule has 1 aromatic heterocycles. The highest BCUT2D eigenvalue weighted by Crippen LogP contribution is 2.17. The van der Waals surface area contributed by atoms with E-state index in [-0.39, 0.29) is 5.91 Å². The lowest BCUT2D eigenvalue weighted by molar-refractivity contribution is -0.115. The van der Waals surface area contributed by atoms with Crippen LogP contribution in [-0.4, -0.2) is 23.5 Å². The first kappa shape index (κ1) is 12.3. The van der Waals surface area contributed by atoms with Crippen LogP contribution in [0.4, 0.5) is 5.69 Å². The smallest absolute Gasteiger partial charge is 0.238 e. The lowest BCUT2D eigenvalue weighted by Crippen LogP contribution is -2.34. The minimum atomic E-state index is -0.0407. The number of anilines is 1. The monoisotopic (exact) mass is 253 g/mol. The average Bonchev–Trinajstić information content (AvgIpc) is 2.83. The molecule has 5 heteroatoms. The van der Waals surface area contributed by atoms with Crippen molar-refractivity contribution in [3.63, 3.8) is 0 Å². The fourth-order valence-corrected chi connectivity index (χ4v) is 2.13. The largest absolute Gasteiger partial charge is 0.324 e. The lowest BCUT2D eigenvalue weighted by Gasteiger charge is -2.11. The van der Waals surface area contributed by atoms with Crippen molar-refractivity contribution in [2.24, 2.45) is 0 Å². The van der Waals surface area contributed by atoms with Gasteiger partial charge in [-0.3, -0.25) is 4.79 Å². The summed E-state index contributed by atoms with van der Waals surface area (Å²) in [6.45, 7) is 0.354. The van der Waals surface area contributed by atoms with E-state index < -0.39 is 0 Å². The summed E-state index contributed by atoms with van der Waals surface area (Å²) in [6.07, 6.45) is 6.43. The van der Waals surface area contributed by atoms with Crippen molar-refractivity contribution in [2.75, 3.05) is 11.9 Å². The van der Waals surface area contributed by atoms with Gasteiger partial charge >= 0.3 is 0 Å². The molecule has 92 valence electrons. The Morgan fingerprint density at radius 1 is 1.41 bits per heavy atom. The molecule has 0 bridgehead atoms. The van der Waals surface area contributed by atoms with Gasteiger partial charge in [0.25, 0.3) is 0 Å². The molecule has 1 aliphatic rings. The van der Waals surface area contributed by atoms with Crippen molar-refractivity contribution in [1.82, 2.24) is 10.3 Å². The summed E-state index contributed by atoms with van der Waals surface area (Å²) in [5, 5.41) is 6.45. The number of carbonyl (C=O) groups is 1. The number of pyridine rings is 1. The molecule has 1 aliphatic carbocycles. The first-order chi connectivity index (χ1) is 8.24. The number of halogens is 1. The van der Waals surface area contributed by atoms with E-state index in [1.807, 2.05) is 0 Å². The molecule has 0 spiro atoms. The predicted molar refractivity (Wildman–Crippen MR) is 68.1 cm³/mol. The third-order valence-electron chi connectivity index (χ3n) is 2.92. The highest BCUT2D eigenvalue weighted by Gasteiger charge is 2.15. The van der Waals surface area contributed by atoms with Gasteiger partial charge in [0, 0.05) is 6.04 Å².